The maximum Gasteiger partial charge on any atom is 0.261 e. The topological polar surface area (TPSA) is 92.5 Å². The van der Waals surface area contributed by atoms with Crippen LogP contribution in [0.5, 0.6) is 0 Å². The lowest BCUT2D eigenvalue weighted by molar-refractivity contribution is -0.117. The Morgan fingerprint density at radius 1 is 1.11 bits per heavy atom. The highest BCUT2D eigenvalue weighted by Crippen LogP contribution is 2.31. The maximum absolute atomic E-state index is 12.7. The van der Waals surface area contributed by atoms with Gasteiger partial charge < -0.3 is 9.32 Å². The molecule has 2 aromatic carbocycles. The molecule has 8 heteroatoms. The SMILES string of the molecule is Cc1nc(-c2ccc(NS(=O)(=O)c3ccc4c(c3)CC(=O)N4C)cc2)c(C)o1. The molecule has 3 aromatic rings. The van der Waals surface area contributed by atoms with Crippen LogP contribution < -0.4 is 9.62 Å². The molecule has 0 atom stereocenters. The third-order valence-corrected chi connectivity index (χ3v) is 6.13. The van der Waals surface area contributed by atoms with Crippen LogP contribution in [0.25, 0.3) is 11.3 Å². The minimum atomic E-state index is -3.77. The largest absolute Gasteiger partial charge is 0.446 e. The van der Waals surface area contributed by atoms with Crippen LogP contribution in [0.15, 0.2) is 51.8 Å². The fourth-order valence-corrected chi connectivity index (χ4v) is 4.43. The second-order valence-corrected chi connectivity index (χ2v) is 8.42. The highest BCUT2D eigenvalue weighted by Gasteiger charge is 2.26. The standard InChI is InChI=1S/C20H19N3O4S/c1-12-20(21-13(2)27-12)14-4-6-16(7-5-14)22-28(25,26)17-8-9-18-15(10-17)11-19(24)23(18)3/h4-10,22H,11H2,1-3H3. The Morgan fingerprint density at radius 2 is 1.82 bits per heavy atom. The summed E-state index contributed by atoms with van der Waals surface area (Å²) in [6.07, 6.45) is 0.209. The molecular formula is C20H19N3O4S. The van der Waals surface area contributed by atoms with Crippen molar-refractivity contribution in [3.8, 4) is 11.3 Å². The summed E-state index contributed by atoms with van der Waals surface area (Å²) in [4.78, 5) is 17.8. The van der Waals surface area contributed by atoms with E-state index in [-0.39, 0.29) is 17.2 Å². The number of fused-ring (bicyclic) bond motifs is 1. The van der Waals surface area contributed by atoms with Gasteiger partial charge in [0, 0.05) is 30.9 Å². The highest BCUT2D eigenvalue weighted by atomic mass is 32.2. The number of likely N-dealkylation sites (N-methyl/N-ethyl adjacent to an activating group) is 1. The van der Waals surface area contributed by atoms with Gasteiger partial charge in [0.25, 0.3) is 10.0 Å². The van der Waals surface area contributed by atoms with Gasteiger partial charge in [-0.2, -0.15) is 0 Å². The number of benzene rings is 2. The molecule has 1 aliphatic rings. The number of carbonyl (C=O) groups excluding carboxylic acids is 1. The predicted octanol–water partition coefficient (Wildman–Crippen LogP) is 3.28. The number of amides is 1. The summed E-state index contributed by atoms with van der Waals surface area (Å²) in [6, 6.07) is 11.7. The van der Waals surface area contributed by atoms with Crippen LogP contribution in [-0.4, -0.2) is 26.4 Å². The van der Waals surface area contributed by atoms with Crippen LogP contribution in [-0.2, 0) is 21.2 Å². The molecule has 1 N–H and O–H groups in total. The number of rotatable bonds is 4. The van der Waals surface area contributed by atoms with Gasteiger partial charge in [0.05, 0.1) is 11.3 Å². The average molecular weight is 397 g/mol. The van der Waals surface area contributed by atoms with E-state index in [4.69, 9.17) is 4.42 Å². The Labute approximate surface area is 163 Å². The molecule has 4 rings (SSSR count). The van der Waals surface area contributed by atoms with Crippen molar-refractivity contribution in [2.75, 3.05) is 16.7 Å². The number of nitrogens with one attached hydrogen (secondary N) is 1. The van der Waals surface area contributed by atoms with Crippen LogP contribution in [0, 0.1) is 13.8 Å². The number of anilines is 2. The lowest BCUT2D eigenvalue weighted by Crippen LogP contribution is -2.20. The Morgan fingerprint density at radius 3 is 2.46 bits per heavy atom. The van der Waals surface area contributed by atoms with Crippen molar-refractivity contribution in [2.45, 2.75) is 25.2 Å². The van der Waals surface area contributed by atoms with Gasteiger partial charge in [0.2, 0.25) is 5.91 Å². The van der Waals surface area contributed by atoms with Gasteiger partial charge in [0.15, 0.2) is 5.89 Å². The molecule has 144 valence electrons. The Balaban J connectivity index is 1.58. The van der Waals surface area contributed by atoms with Gasteiger partial charge in [-0.3, -0.25) is 9.52 Å². The number of oxazole rings is 1. The third-order valence-electron chi connectivity index (χ3n) is 4.75. The molecule has 0 fully saturated rings. The first kappa shape index (κ1) is 18.2. The number of hydrogen-bond donors (Lipinski definition) is 1. The van der Waals surface area contributed by atoms with E-state index >= 15 is 0 Å². The summed E-state index contributed by atoms with van der Waals surface area (Å²) in [6.45, 7) is 3.61. The molecule has 0 radical (unpaired) electrons. The van der Waals surface area contributed by atoms with Crippen molar-refractivity contribution >= 4 is 27.3 Å². The molecule has 28 heavy (non-hydrogen) atoms. The Kier molecular flexibility index (Phi) is 4.23. The van der Waals surface area contributed by atoms with E-state index in [1.54, 1.807) is 50.4 Å². The average Bonchev–Trinajstić information content (AvgIpc) is 3.13. The van der Waals surface area contributed by atoms with Gasteiger partial charge in [-0.1, -0.05) is 12.1 Å². The van der Waals surface area contributed by atoms with Crippen LogP contribution in [0.2, 0.25) is 0 Å². The van der Waals surface area contributed by atoms with Crippen molar-refractivity contribution in [2.24, 2.45) is 0 Å². The van der Waals surface area contributed by atoms with Gasteiger partial charge in [0.1, 0.15) is 11.5 Å². The molecule has 7 nitrogen and oxygen atoms in total. The van der Waals surface area contributed by atoms with Crippen LogP contribution >= 0.6 is 0 Å². The van der Waals surface area contributed by atoms with Crippen molar-refractivity contribution in [3.63, 3.8) is 0 Å². The van der Waals surface area contributed by atoms with Gasteiger partial charge in [-0.25, -0.2) is 13.4 Å². The molecule has 0 unspecified atom stereocenters. The number of hydrogen-bond acceptors (Lipinski definition) is 5. The molecule has 1 aromatic heterocycles. The van der Waals surface area contributed by atoms with Gasteiger partial charge in [-0.05, 0) is 42.8 Å². The van der Waals surface area contributed by atoms with Crippen LogP contribution in [0.4, 0.5) is 11.4 Å². The number of carbonyl (C=O) groups is 1. The first-order valence-corrected chi connectivity index (χ1v) is 10.2. The number of sulfonamides is 1. The van der Waals surface area contributed by atoms with Crippen LogP contribution in [0.3, 0.4) is 0 Å². The van der Waals surface area contributed by atoms with Crippen molar-refractivity contribution in [1.29, 1.82) is 0 Å². The summed E-state index contributed by atoms with van der Waals surface area (Å²) in [5.41, 5.74) is 3.47. The minimum absolute atomic E-state index is 0.0496. The van der Waals surface area contributed by atoms with E-state index in [2.05, 4.69) is 9.71 Å². The molecular weight excluding hydrogens is 378 g/mol. The lowest BCUT2D eigenvalue weighted by atomic mass is 10.1. The maximum atomic E-state index is 12.7. The second kappa shape index (κ2) is 6.49. The zero-order chi connectivity index (χ0) is 20.1. The molecule has 1 amide bonds. The zero-order valence-electron chi connectivity index (χ0n) is 15.7. The van der Waals surface area contributed by atoms with E-state index < -0.39 is 10.0 Å². The summed E-state index contributed by atoms with van der Waals surface area (Å²) >= 11 is 0. The second-order valence-electron chi connectivity index (χ2n) is 6.74. The monoisotopic (exact) mass is 397 g/mol. The summed E-state index contributed by atoms with van der Waals surface area (Å²) in [5, 5.41) is 0. The van der Waals surface area contributed by atoms with E-state index in [1.165, 1.54) is 11.0 Å². The minimum Gasteiger partial charge on any atom is -0.446 e. The normalized spacial score (nSPS) is 13.7. The van der Waals surface area contributed by atoms with E-state index in [1.807, 2.05) is 6.92 Å². The Bertz CT molecular complexity index is 1180. The van der Waals surface area contributed by atoms with Crippen LogP contribution in [0.1, 0.15) is 17.2 Å². The first-order chi connectivity index (χ1) is 13.2. The van der Waals surface area contributed by atoms with Crippen molar-refractivity contribution in [1.82, 2.24) is 4.98 Å². The predicted molar refractivity (Wildman–Crippen MR) is 106 cm³/mol. The van der Waals surface area contributed by atoms with Crippen molar-refractivity contribution in [3.05, 3.63) is 59.7 Å². The number of aryl methyl sites for hydroxylation is 2. The number of aromatic nitrogens is 1. The molecule has 1 aliphatic heterocycles. The molecule has 0 saturated carbocycles. The quantitative estimate of drug-likeness (QED) is 0.729. The third kappa shape index (κ3) is 3.16. The fraction of sp³-hybridized carbons (Fsp3) is 0.200. The van der Waals surface area contributed by atoms with Crippen molar-refractivity contribution < 1.29 is 17.6 Å². The first-order valence-electron chi connectivity index (χ1n) is 8.71. The summed E-state index contributed by atoms with van der Waals surface area (Å²) in [5.74, 6) is 1.24. The zero-order valence-corrected chi connectivity index (χ0v) is 16.5. The number of nitrogens with zero attached hydrogens (tertiary/aromatic N) is 2. The molecule has 0 saturated heterocycles. The molecule has 0 aliphatic carbocycles. The van der Waals surface area contributed by atoms with Gasteiger partial charge in [-0.15, -0.1) is 0 Å². The molecule has 0 spiro atoms. The van der Waals surface area contributed by atoms with E-state index in [0.29, 0.717) is 22.9 Å². The highest BCUT2D eigenvalue weighted by molar-refractivity contribution is 7.92. The summed E-state index contributed by atoms with van der Waals surface area (Å²) in [7, 11) is -2.08. The summed E-state index contributed by atoms with van der Waals surface area (Å²) < 4.78 is 33.5. The smallest absolute Gasteiger partial charge is 0.261 e. The fourth-order valence-electron chi connectivity index (χ4n) is 3.32. The van der Waals surface area contributed by atoms with E-state index in [0.717, 1.165) is 16.9 Å². The van der Waals surface area contributed by atoms with E-state index in [9.17, 15) is 13.2 Å². The van der Waals surface area contributed by atoms with Gasteiger partial charge >= 0.3 is 0 Å². The Hall–Kier alpha value is -3.13. The molecule has 2 heterocycles. The lowest BCUT2D eigenvalue weighted by Gasteiger charge is -2.12. The molecule has 0 bridgehead atoms.